The van der Waals surface area contributed by atoms with E-state index in [9.17, 15) is 4.79 Å². The van der Waals surface area contributed by atoms with Crippen molar-refractivity contribution in [2.45, 2.75) is 32.7 Å². The third-order valence-electron chi connectivity index (χ3n) is 4.11. The first kappa shape index (κ1) is 16.8. The molecule has 1 atom stereocenters. The van der Waals surface area contributed by atoms with Gasteiger partial charge in [-0.25, -0.2) is 0 Å². The standard InChI is InChI=1S/C17H26N2O3/c1-4-14-10-13(11-15(18)17(20)21-3)9-12(2)16(14)19-5-7-22-8-6-19/h9-10,15H,4-8,11,18H2,1-3H3. The van der Waals surface area contributed by atoms with Crippen molar-refractivity contribution in [2.24, 2.45) is 5.73 Å². The molecule has 2 rings (SSSR count). The van der Waals surface area contributed by atoms with Crippen molar-refractivity contribution >= 4 is 11.7 Å². The summed E-state index contributed by atoms with van der Waals surface area (Å²) in [5, 5.41) is 0. The summed E-state index contributed by atoms with van der Waals surface area (Å²) in [6, 6.07) is 3.69. The highest BCUT2D eigenvalue weighted by Gasteiger charge is 2.19. The first-order valence-corrected chi connectivity index (χ1v) is 7.85. The second-order valence-corrected chi connectivity index (χ2v) is 5.71. The fourth-order valence-corrected chi connectivity index (χ4v) is 3.05. The molecule has 2 N–H and O–H groups in total. The molecule has 0 bridgehead atoms. The van der Waals surface area contributed by atoms with E-state index >= 15 is 0 Å². The van der Waals surface area contributed by atoms with Crippen LogP contribution in [0.3, 0.4) is 0 Å². The second-order valence-electron chi connectivity index (χ2n) is 5.71. The SMILES string of the molecule is CCc1cc(CC(N)C(=O)OC)cc(C)c1N1CCOCC1. The van der Waals surface area contributed by atoms with E-state index in [0.717, 1.165) is 38.3 Å². The number of rotatable bonds is 5. The van der Waals surface area contributed by atoms with E-state index in [2.05, 4.69) is 30.9 Å². The minimum Gasteiger partial charge on any atom is -0.468 e. The number of carbonyl (C=O) groups is 1. The number of benzene rings is 1. The van der Waals surface area contributed by atoms with Gasteiger partial charge in [0.15, 0.2) is 0 Å². The fourth-order valence-electron chi connectivity index (χ4n) is 3.05. The topological polar surface area (TPSA) is 64.8 Å². The Morgan fingerprint density at radius 3 is 2.68 bits per heavy atom. The molecule has 22 heavy (non-hydrogen) atoms. The molecular formula is C17H26N2O3. The number of esters is 1. The van der Waals surface area contributed by atoms with Crippen molar-refractivity contribution in [3.05, 3.63) is 28.8 Å². The summed E-state index contributed by atoms with van der Waals surface area (Å²) in [4.78, 5) is 13.9. The van der Waals surface area contributed by atoms with Gasteiger partial charge in [0, 0.05) is 18.8 Å². The van der Waals surface area contributed by atoms with E-state index in [1.165, 1.54) is 23.9 Å². The Bertz CT molecular complexity index is 525. The van der Waals surface area contributed by atoms with Crippen LogP contribution < -0.4 is 10.6 Å². The van der Waals surface area contributed by atoms with Crippen molar-refractivity contribution < 1.29 is 14.3 Å². The second kappa shape index (κ2) is 7.61. The Hall–Kier alpha value is -1.59. The lowest BCUT2D eigenvalue weighted by Crippen LogP contribution is -2.37. The zero-order valence-corrected chi connectivity index (χ0v) is 13.7. The highest BCUT2D eigenvalue weighted by Crippen LogP contribution is 2.28. The molecule has 1 heterocycles. The molecule has 0 aliphatic carbocycles. The molecule has 0 spiro atoms. The lowest BCUT2D eigenvalue weighted by Gasteiger charge is -2.32. The van der Waals surface area contributed by atoms with Crippen molar-refractivity contribution in [3.8, 4) is 0 Å². The minimum absolute atomic E-state index is 0.368. The van der Waals surface area contributed by atoms with Crippen LogP contribution in [0.1, 0.15) is 23.6 Å². The van der Waals surface area contributed by atoms with Crippen LogP contribution in [0.15, 0.2) is 12.1 Å². The van der Waals surface area contributed by atoms with Crippen molar-refractivity contribution in [2.75, 3.05) is 38.3 Å². The van der Waals surface area contributed by atoms with E-state index in [4.69, 9.17) is 15.2 Å². The number of carbonyl (C=O) groups excluding carboxylic acids is 1. The van der Waals surface area contributed by atoms with Crippen molar-refractivity contribution in [1.29, 1.82) is 0 Å². The summed E-state index contributed by atoms with van der Waals surface area (Å²) in [5.74, 6) is -0.368. The van der Waals surface area contributed by atoms with Gasteiger partial charge in [-0.15, -0.1) is 0 Å². The van der Waals surface area contributed by atoms with Crippen LogP contribution in [-0.2, 0) is 27.1 Å². The molecule has 0 radical (unpaired) electrons. The summed E-state index contributed by atoms with van der Waals surface area (Å²) >= 11 is 0. The molecule has 122 valence electrons. The van der Waals surface area contributed by atoms with Crippen LogP contribution in [0.4, 0.5) is 5.69 Å². The van der Waals surface area contributed by atoms with Gasteiger partial charge in [0.05, 0.1) is 20.3 Å². The van der Waals surface area contributed by atoms with E-state index in [0.29, 0.717) is 6.42 Å². The van der Waals surface area contributed by atoms with Gasteiger partial charge in [-0.05, 0) is 36.5 Å². The predicted octanol–water partition coefficient (Wildman–Crippen LogP) is 1.44. The van der Waals surface area contributed by atoms with Gasteiger partial charge in [-0.3, -0.25) is 4.79 Å². The lowest BCUT2D eigenvalue weighted by molar-refractivity contribution is -0.142. The maximum absolute atomic E-state index is 11.5. The molecular weight excluding hydrogens is 280 g/mol. The van der Waals surface area contributed by atoms with Crippen LogP contribution in [0, 0.1) is 6.92 Å². The molecule has 0 saturated carbocycles. The molecule has 5 nitrogen and oxygen atoms in total. The van der Waals surface area contributed by atoms with Gasteiger partial charge in [0.1, 0.15) is 6.04 Å². The smallest absolute Gasteiger partial charge is 0.322 e. The first-order valence-electron chi connectivity index (χ1n) is 7.85. The zero-order chi connectivity index (χ0) is 16.1. The van der Waals surface area contributed by atoms with Gasteiger partial charge >= 0.3 is 5.97 Å². The number of nitrogens with zero attached hydrogens (tertiary/aromatic N) is 1. The Labute approximate surface area is 132 Å². The van der Waals surface area contributed by atoms with Gasteiger partial charge in [0.2, 0.25) is 0 Å². The van der Waals surface area contributed by atoms with Crippen LogP contribution in [0.5, 0.6) is 0 Å². The number of hydrogen-bond acceptors (Lipinski definition) is 5. The molecule has 1 fully saturated rings. The molecule has 1 saturated heterocycles. The normalized spacial score (nSPS) is 16.5. The third kappa shape index (κ3) is 3.78. The number of anilines is 1. The number of nitrogens with two attached hydrogens (primary N) is 1. The van der Waals surface area contributed by atoms with E-state index in [1.54, 1.807) is 0 Å². The summed E-state index contributed by atoms with van der Waals surface area (Å²) in [7, 11) is 1.37. The highest BCUT2D eigenvalue weighted by atomic mass is 16.5. The molecule has 0 amide bonds. The lowest BCUT2D eigenvalue weighted by atomic mass is 9.96. The van der Waals surface area contributed by atoms with Gasteiger partial charge in [-0.1, -0.05) is 19.1 Å². The predicted molar refractivity (Wildman–Crippen MR) is 87.3 cm³/mol. The number of aryl methyl sites for hydroxylation is 2. The minimum atomic E-state index is -0.608. The van der Waals surface area contributed by atoms with Gasteiger partial charge in [-0.2, -0.15) is 0 Å². The summed E-state index contributed by atoms with van der Waals surface area (Å²) in [6.07, 6.45) is 1.46. The Morgan fingerprint density at radius 2 is 2.09 bits per heavy atom. The molecule has 0 aromatic heterocycles. The largest absolute Gasteiger partial charge is 0.468 e. The van der Waals surface area contributed by atoms with Crippen molar-refractivity contribution in [1.82, 2.24) is 0 Å². The van der Waals surface area contributed by atoms with E-state index in [-0.39, 0.29) is 5.97 Å². The highest BCUT2D eigenvalue weighted by molar-refractivity contribution is 5.75. The Balaban J connectivity index is 2.25. The molecule has 1 unspecified atom stereocenters. The average Bonchev–Trinajstić information content (AvgIpc) is 2.54. The number of hydrogen-bond donors (Lipinski definition) is 1. The molecule has 5 heteroatoms. The van der Waals surface area contributed by atoms with Gasteiger partial charge in [0.25, 0.3) is 0 Å². The molecule has 1 aromatic carbocycles. The number of methoxy groups -OCH3 is 1. The number of ether oxygens (including phenoxy) is 2. The fraction of sp³-hybridized carbons (Fsp3) is 0.588. The third-order valence-corrected chi connectivity index (χ3v) is 4.11. The molecule has 1 aromatic rings. The summed E-state index contributed by atoms with van der Waals surface area (Å²) in [6.45, 7) is 7.68. The van der Waals surface area contributed by atoms with Crippen LogP contribution in [0.2, 0.25) is 0 Å². The average molecular weight is 306 g/mol. The monoisotopic (exact) mass is 306 g/mol. The summed E-state index contributed by atoms with van der Waals surface area (Å²) in [5.41, 5.74) is 10.8. The molecule has 1 aliphatic heterocycles. The van der Waals surface area contributed by atoms with Gasteiger partial charge < -0.3 is 20.1 Å². The van der Waals surface area contributed by atoms with Crippen molar-refractivity contribution in [3.63, 3.8) is 0 Å². The maximum Gasteiger partial charge on any atom is 0.322 e. The van der Waals surface area contributed by atoms with Crippen LogP contribution in [0.25, 0.3) is 0 Å². The zero-order valence-electron chi connectivity index (χ0n) is 13.7. The Kier molecular flexibility index (Phi) is 5.80. The summed E-state index contributed by atoms with van der Waals surface area (Å²) < 4.78 is 10.1. The first-order chi connectivity index (χ1) is 10.6. The van der Waals surface area contributed by atoms with Crippen LogP contribution in [-0.4, -0.2) is 45.4 Å². The van der Waals surface area contributed by atoms with E-state index < -0.39 is 6.04 Å². The molecule has 1 aliphatic rings. The van der Waals surface area contributed by atoms with E-state index in [1.807, 2.05) is 0 Å². The quantitative estimate of drug-likeness (QED) is 0.834. The van der Waals surface area contributed by atoms with Crippen LogP contribution >= 0.6 is 0 Å². The number of morpholine rings is 1. The maximum atomic E-state index is 11.5. The Morgan fingerprint density at radius 1 is 1.41 bits per heavy atom.